The number of rotatable bonds is 2. The molecule has 1 aromatic rings. The molecule has 0 saturated carbocycles. The van der Waals surface area contributed by atoms with Crippen molar-refractivity contribution in [2.45, 2.75) is 31.2 Å². The first kappa shape index (κ1) is 14.9. The number of benzene rings is 1. The molecule has 0 aliphatic heterocycles. The Balaban J connectivity index is 2.45. The largest absolute Gasteiger partial charge is 0.534 e. The molecular weight excluding hydrogens is 293 g/mol. The molecule has 0 aromatic heterocycles. The summed E-state index contributed by atoms with van der Waals surface area (Å²) in [5.74, 6) is -0.266. The van der Waals surface area contributed by atoms with Gasteiger partial charge >= 0.3 is 15.6 Å². The highest BCUT2D eigenvalue weighted by atomic mass is 32.2. The van der Waals surface area contributed by atoms with Gasteiger partial charge in [0.2, 0.25) is 0 Å². The van der Waals surface area contributed by atoms with E-state index in [2.05, 4.69) is 4.18 Å². The van der Waals surface area contributed by atoms with E-state index >= 15 is 0 Å². The fourth-order valence-corrected chi connectivity index (χ4v) is 2.59. The van der Waals surface area contributed by atoms with Gasteiger partial charge in [-0.05, 0) is 23.5 Å². The van der Waals surface area contributed by atoms with Crippen molar-refractivity contribution in [2.75, 3.05) is 0 Å². The molecule has 0 fully saturated rings. The first-order chi connectivity index (χ1) is 9.05. The first-order valence-electron chi connectivity index (χ1n) is 5.85. The second-order valence-corrected chi connectivity index (χ2v) is 6.72. The highest BCUT2D eigenvalue weighted by molar-refractivity contribution is 7.87. The molecule has 2 rings (SSSR count). The van der Waals surface area contributed by atoms with Crippen LogP contribution in [0.3, 0.4) is 0 Å². The maximum atomic E-state index is 12.4. The molecule has 0 unspecified atom stereocenters. The third-order valence-corrected chi connectivity index (χ3v) is 4.17. The lowest BCUT2D eigenvalue weighted by Gasteiger charge is -2.31. The number of alkyl halides is 3. The van der Waals surface area contributed by atoms with E-state index in [9.17, 15) is 21.6 Å². The van der Waals surface area contributed by atoms with E-state index in [0.29, 0.717) is 12.0 Å². The van der Waals surface area contributed by atoms with Gasteiger partial charge in [-0.15, -0.1) is 0 Å². The van der Waals surface area contributed by atoms with Gasteiger partial charge in [-0.2, -0.15) is 21.6 Å². The van der Waals surface area contributed by atoms with Crippen LogP contribution in [0.15, 0.2) is 30.3 Å². The van der Waals surface area contributed by atoms with E-state index in [1.54, 1.807) is 24.3 Å². The van der Waals surface area contributed by atoms with E-state index in [1.165, 1.54) is 6.08 Å². The van der Waals surface area contributed by atoms with Gasteiger partial charge < -0.3 is 4.18 Å². The van der Waals surface area contributed by atoms with Crippen LogP contribution in [0.5, 0.6) is 0 Å². The summed E-state index contributed by atoms with van der Waals surface area (Å²) in [4.78, 5) is 0. The molecule has 0 N–H and O–H groups in total. The van der Waals surface area contributed by atoms with E-state index in [0.717, 1.165) is 5.56 Å². The maximum Gasteiger partial charge on any atom is 0.534 e. The SMILES string of the molecule is CC1(C)CC=C(OS(=O)(=O)C(F)(F)F)c2ccccc21. The van der Waals surface area contributed by atoms with Crippen LogP contribution >= 0.6 is 0 Å². The molecule has 0 amide bonds. The first-order valence-corrected chi connectivity index (χ1v) is 7.26. The monoisotopic (exact) mass is 306 g/mol. The molecule has 0 saturated heterocycles. The van der Waals surface area contributed by atoms with E-state index < -0.39 is 15.6 Å². The summed E-state index contributed by atoms with van der Waals surface area (Å²) in [6, 6.07) is 6.68. The summed E-state index contributed by atoms with van der Waals surface area (Å²) in [6.07, 6.45) is 1.78. The van der Waals surface area contributed by atoms with E-state index in [4.69, 9.17) is 0 Å². The zero-order valence-corrected chi connectivity index (χ0v) is 11.7. The van der Waals surface area contributed by atoms with Gasteiger partial charge in [0.15, 0.2) is 0 Å². The topological polar surface area (TPSA) is 43.4 Å². The van der Waals surface area contributed by atoms with Gasteiger partial charge in [0.05, 0.1) is 0 Å². The zero-order valence-electron chi connectivity index (χ0n) is 10.9. The molecule has 110 valence electrons. The van der Waals surface area contributed by atoms with Gasteiger partial charge in [0, 0.05) is 5.56 Å². The highest BCUT2D eigenvalue weighted by Gasteiger charge is 2.49. The van der Waals surface area contributed by atoms with E-state index in [1.807, 2.05) is 13.8 Å². The molecule has 0 spiro atoms. The van der Waals surface area contributed by atoms with Crippen LogP contribution in [0.1, 0.15) is 31.4 Å². The zero-order chi connectivity index (χ0) is 15.2. The highest BCUT2D eigenvalue weighted by Crippen LogP contribution is 2.40. The molecule has 0 bridgehead atoms. The van der Waals surface area contributed by atoms with Gasteiger partial charge in [0.1, 0.15) is 5.76 Å². The fourth-order valence-electron chi connectivity index (χ4n) is 2.10. The molecule has 0 radical (unpaired) electrons. The van der Waals surface area contributed by atoms with Crippen molar-refractivity contribution in [2.24, 2.45) is 0 Å². The Bertz CT molecular complexity index is 658. The van der Waals surface area contributed by atoms with Crippen LogP contribution in [0.25, 0.3) is 5.76 Å². The summed E-state index contributed by atoms with van der Waals surface area (Å²) >= 11 is 0. The number of allylic oxidation sites excluding steroid dienone is 1. The number of hydrogen-bond acceptors (Lipinski definition) is 3. The van der Waals surface area contributed by atoms with Crippen LogP contribution in [-0.4, -0.2) is 13.9 Å². The average molecular weight is 306 g/mol. The summed E-state index contributed by atoms with van der Waals surface area (Å²) in [5.41, 5.74) is -4.59. The summed E-state index contributed by atoms with van der Waals surface area (Å²) in [7, 11) is -5.65. The Morgan fingerprint density at radius 1 is 1.20 bits per heavy atom. The van der Waals surface area contributed by atoms with Gasteiger partial charge in [-0.1, -0.05) is 38.1 Å². The molecular formula is C13H13F3O3S. The van der Waals surface area contributed by atoms with Crippen molar-refractivity contribution < 1.29 is 25.8 Å². The number of halogens is 3. The van der Waals surface area contributed by atoms with Gasteiger partial charge in [-0.25, -0.2) is 0 Å². The third-order valence-electron chi connectivity index (χ3n) is 3.20. The van der Waals surface area contributed by atoms with Crippen LogP contribution in [-0.2, 0) is 19.7 Å². The lowest BCUT2D eigenvalue weighted by Crippen LogP contribution is -2.27. The van der Waals surface area contributed by atoms with Crippen molar-refractivity contribution in [1.29, 1.82) is 0 Å². The van der Waals surface area contributed by atoms with Crippen LogP contribution in [0, 0.1) is 0 Å². The minimum Gasteiger partial charge on any atom is -0.376 e. The van der Waals surface area contributed by atoms with Crippen molar-refractivity contribution in [1.82, 2.24) is 0 Å². The Hall–Kier alpha value is -1.50. The Morgan fingerprint density at radius 2 is 1.80 bits per heavy atom. The minimum atomic E-state index is -5.65. The maximum absolute atomic E-state index is 12.4. The quantitative estimate of drug-likeness (QED) is 0.619. The van der Waals surface area contributed by atoms with Crippen LogP contribution < -0.4 is 0 Å². The Morgan fingerprint density at radius 3 is 2.40 bits per heavy atom. The standard InChI is InChI=1S/C13H13F3O3S/c1-12(2)8-7-11(9-5-3-4-6-10(9)12)19-20(17,18)13(14,15)16/h3-7H,8H2,1-2H3. The van der Waals surface area contributed by atoms with E-state index in [-0.39, 0.29) is 11.2 Å². The number of hydrogen-bond donors (Lipinski definition) is 0. The smallest absolute Gasteiger partial charge is 0.376 e. The van der Waals surface area contributed by atoms with Gasteiger partial charge in [0.25, 0.3) is 0 Å². The predicted molar refractivity (Wildman–Crippen MR) is 68.1 cm³/mol. The Labute approximate surface area is 115 Å². The molecule has 0 heterocycles. The molecule has 20 heavy (non-hydrogen) atoms. The van der Waals surface area contributed by atoms with Crippen LogP contribution in [0.4, 0.5) is 13.2 Å². The molecule has 0 atom stereocenters. The minimum absolute atomic E-state index is 0.266. The summed E-state index contributed by atoms with van der Waals surface area (Å²) in [5, 5.41) is 0. The summed E-state index contributed by atoms with van der Waals surface area (Å²) in [6.45, 7) is 3.86. The third kappa shape index (κ3) is 2.54. The number of fused-ring (bicyclic) bond motifs is 1. The molecule has 1 aliphatic rings. The lowest BCUT2D eigenvalue weighted by molar-refractivity contribution is -0.0509. The van der Waals surface area contributed by atoms with Gasteiger partial charge in [-0.3, -0.25) is 0 Å². The second kappa shape index (κ2) is 4.51. The predicted octanol–water partition coefficient (Wildman–Crippen LogP) is 3.58. The van der Waals surface area contributed by atoms with Crippen molar-refractivity contribution >= 4 is 15.9 Å². The summed E-state index contributed by atoms with van der Waals surface area (Å²) < 4.78 is 63.6. The second-order valence-electron chi connectivity index (χ2n) is 5.19. The molecule has 1 aromatic carbocycles. The molecule has 1 aliphatic carbocycles. The average Bonchev–Trinajstić information content (AvgIpc) is 2.32. The lowest BCUT2D eigenvalue weighted by atomic mass is 9.75. The Kier molecular flexibility index (Phi) is 3.36. The van der Waals surface area contributed by atoms with Crippen molar-refractivity contribution in [3.8, 4) is 0 Å². The normalized spacial score (nSPS) is 18.1. The van der Waals surface area contributed by atoms with Crippen molar-refractivity contribution in [3.63, 3.8) is 0 Å². The molecule has 7 heteroatoms. The van der Waals surface area contributed by atoms with Crippen LogP contribution in [0.2, 0.25) is 0 Å². The molecule has 3 nitrogen and oxygen atoms in total. The van der Waals surface area contributed by atoms with Crippen molar-refractivity contribution in [3.05, 3.63) is 41.5 Å². The fraction of sp³-hybridized carbons (Fsp3) is 0.385.